The summed E-state index contributed by atoms with van der Waals surface area (Å²) in [4.78, 5) is 16.5. The van der Waals surface area contributed by atoms with E-state index in [-0.39, 0.29) is 12.0 Å². The van der Waals surface area contributed by atoms with Crippen molar-refractivity contribution in [2.75, 3.05) is 6.61 Å². The summed E-state index contributed by atoms with van der Waals surface area (Å²) >= 11 is 15.4. The van der Waals surface area contributed by atoms with Crippen LogP contribution in [0.4, 0.5) is 4.39 Å². The van der Waals surface area contributed by atoms with Gasteiger partial charge in [-0.3, -0.25) is 24.4 Å². The van der Waals surface area contributed by atoms with E-state index >= 15 is 0 Å². The largest absolute Gasteiger partial charge is 0.639 e. The lowest BCUT2D eigenvalue weighted by molar-refractivity contribution is -0.831. The molecule has 0 saturated heterocycles. The van der Waals surface area contributed by atoms with E-state index in [2.05, 4.69) is 4.18 Å². The van der Waals surface area contributed by atoms with Crippen LogP contribution in [0, 0.1) is 20.2 Å². The first-order chi connectivity index (χ1) is 6.59. The van der Waals surface area contributed by atoms with E-state index in [9.17, 15) is 24.6 Å². The van der Waals surface area contributed by atoms with Crippen LogP contribution in [0.25, 0.3) is 0 Å². The van der Waals surface area contributed by atoms with Crippen molar-refractivity contribution in [1.29, 1.82) is 0 Å². The van der Waals surface area contributed by atoms with Gasteiger partial charge in [0.1, 0.15) is 9.85 Å². The fourth-order valence-electron chi connectivity index (χ4n) is 0.343. The monoisotopic (exact) mass is 302 g/mol. The molecule has 0 saturated carbocycles. The molecule has 0 bridgehead atoms. The molecule has 0 spiro atoms. The van der Waals surface area contributed by atoms with Crippen molar-refractivity contribution in [2.24, 2.45) is 0 Å². The molecule has 12 heteroatoms. The molecule has 0 aliphatic carbocycles. The van der Waals surface area contributed by atoms with Crippen molar-refractivity contribution in [3.63, 3.8) is 0 Å². The molecule has 0 aromatic rings. The fourth-order valence-corrected chi connectivity index (χ4v) is 1.09. The highest BCUT2D eigenvalue weighted by atomic mass is 35.6. The fraction of sp³-hybridized carbons (Fsp3) is 1.00. The molecule has 0 aliphatic rings. The molecular weight excluding hydrogens is 301 g/mol. The van der Waals surface area contributed by atoms with Gasteiger partial charge >= 0.3 is 5.92 Å². The van der Waals surface area contributed by atoms with Gasteiger partial charge < -0.3 is 0 Å². The van der Waals surface area contributed by atoms with Crippen molar-refractivity contribution in [2.45, 2.75) is 9.04 Å². The number of nitro groups is 2. The van der Waals surface area contributed by atoms with Crippen LogP contribution >= 0.6 is 46.8 Å². The molecule has 0 atom stereocenters. The summed E-state index contributed by atoms with van der Waals surface area (Å²) in [5.74, 6) is -3.96. The first-order valence-corrected chi connectivity index (χ1v) is 4.82. The number of nitrogens with zero attached hydrogens (tertiary/aromatic N) is 2. The van der Waals surface area contributed by atoms with Crippen molar-refractivity contribution in [1.82, 2.24) is 0 Å². The zero-order chi connectivity index (χ0) is 12.3. The van der Waals surface area contributed by atoms with E-state index in [4.69, 9.17) is 34.8 Å². The number of halogens is 4. The maximum Gasteiger partial charge on any atom is 0.639 e. The first kappa shape index (κ1) is 14.9. The molecule has 88 valence electrons. The van der Waals surface area contributed by atoms with Gasteiger partial charge in [0.15, 0.2) is 0 Å². The van der Waals surface area contributed by atoms with Gasteiger partial charge in [-0.25, -0.2) is 0 Å². The Morgan fingerprint density at radius 1 is 1.27 bits per heavy atom. The third-order valence-corrected chi connectivity index (χ3v) is 1.95. The van der Waals surface area contributed by atoms with Crippen LogP contribution in [0.5, 0.6) is 0 Å². The Morgan fingerprint density at radius 3 is 1.93 bits per heavy atom. The third-order valence-electron chi connectivity index (χ3n) is 0.956. The average Bonchev–Trinajstić information content (AvgIpc) is 2.00. The second-order valence-corrected chi connectivity index (χ2v) is 5.99. The lowest BCUT2D eigenvalue weighted by Crippen LogP contribution is -2.45. The molecule has 0 fully saturated rings. The summed E-state index contributed by atoms with van der Waals surface area (Å²) in [6.45, 7) is -1.48. The maximum absolute atomic E-state index is 12.9. The molecule has 0 unspecified atom stereocenters. The van der Waals surface area contributed by atoms with Crippen molar-refractivity contribution in [3.05, 3.63) is 20.2 Å². The van der Waals surface area contributed by atoms with Gasteiger partial charge in [0.2, 0.25) is 6.61 Å². The quantitative estimate of drug-likeness (QED) is 0.193. The standard InChI is InChI=1S/C3H2Cl3FN2O5S/c4-3(5,6)15-14-1-2(7,8(10)11)9(12)13/h1H2. The van der Waals surface area contributed by atoms with Gasteiger partial charge in [0, 0.05) is 12.0 Å². The second-order valence-electron chi connectivity index (χ2n) is 2.02. The van der Waals surface area contributed by atoms with Crippen molar-refractivity contribution in [3.8, 4) is 0 Å². The molecule has 0 rings (SSSR count). The molecule has 0 aliphatic heterocycles. The Bertz CT molecular complexity index is 259. The molecule has 15 heavy (non-hydrogen) atoms. The lowest BCUT2D eigenvalue weighted by Gasteiger charge is -2.11. The Kier molecular flexibility index (Phi) is 5.27. The highest BCUT2D eigenvalue weighted by molar-refractivity contribution is 8.00. The zero-order valence-corrected chi connectivity index (χ0v) is 9.65. The molecule has 0 heterocycles. The van der Waals surface area contributed by atoms with E-state index in [0.29, 0.717) is 0 Å². The Labute approximate surface area is 101 Å². The first-order valence-electron chi connectivity index (χ1n) is 2.95. The van der Waals surface area contributed by atoms with Crippen molar-refractivity contribution < 1.29 is 18.4 Å². The second kappa shape index (κ2) is 5.30. The minimum Gasteiger partial charge on any atom is -0.292 e. The highest BCUT2D eigenvalue weighted by Gasteiger charge is 2.59. The number of rotatable bonds is 5. The van der Waals surface area contributed by atoms with E-state index < -0.39 is 25.5 Å². The maximum atomic E-state index is 12.9. The van der Waals surface area contributed by atoms with Crippen LogP contribution in [0.2, 0.25) is 0 Å². The molecule has 0 radical (unpaired) electrons. The highest BCUT2D eigenvalue weighted by Crippen LogP contribution is 2.39. The summed E-state index contributed by atoms with van der Waals surface area (Å²) < 4.78 is 15.1. The van der Waals surface area contributed by atoms with E-state index in [1.807, 2.05) is 0 Å². The summed E-state index contributed by atoms with van der Waals surface area (Å²) in [6, 6.07) is 0. The van der Waals surface area contributed by atoms with Gasteiger partial charge in [-0.2, -0.15) is 0 Å². The number of alkyl halides is 4. The zero-order valence-electron chi connectivity index (χ0n) is 6.56. The molecule has 0 aromatic carbocycles. The Balaban J connectivity index is 4.34. The summed E-state index contributed by atoms with van der Waals surface area (Å²) in [5, 5.41) is 20.0. The minimum absolute atomic E-state index is 0.0427. The molecule has 0 amide bonds. The van der Waals surface area contributed by atoms with Gasteiger partial charge in [-0.1, -0.05) is 39.2 Å². The van der Waals surface area contributed by atoms with Gasteiger partial charge in [0.05, 0.1) is 0 Å². The van der Waals surface area contributed by atoms with Crippen LogP contribution in [-0.4, -0.2) is 25.5 Å². The van der Waals surface area contributed by atoms with Crippen LogP contribution in [0.3, 0.4) is 0 Å². The van der Waals surface area contributed by atoms with E-state index in [1.54, 1.807) is 0 Å². The van der Waals surface area contributed by atoms with Crippen LogP contribution < -0.4 is 0 Å². The smallest absolute Gasteiger partial charge is 0.292 e. The Hall–Kier alpha value is -0.0900. The summed E-state index contributed by atoms with van der Waals surface area (Å²) in [7, 11) is 0. The lowest BCUT2D eigenvalue weighted by atomic mass is 10.5. The minimum atomic E-state index is -3.96. The number of hydrogen-bond donors (Lipinski definition) is 0. The summed E-state index contributed by atoms with van der Waals surface area (Å²) in [5.41, 5.74) is 0. The molecule has 7 nitrogen and oxygen atoms in total. The predicted octanol–water partition coefficient (Wildman–Crippen LogP) is 2.16. The normalized spacial score (nSPS) is 12.5. The molecule has 0 N–H and O–H groups in total. The third kappa shape index (κ3) is 4.98. The number of hydrogen-bond acceptors (Lipinski definition) is 6. The van der Waals surface area contributed by atoms with Crippen LogP contribution in [0.15, 0.2) is 0 Å². The van der Waals surface area contributed by atoms with Gasteiger partial charge in [0.25, 0.3) is 3.12 Å². The van der Waals surface area contributed by atoms with Crippen LogP contribution in [-0.2, 0) is 4.18 Å². The average molecular weight is 303 g/mol. The van der Waals surface area contributed by atoms with Crippen LogP contribution in [0.1, 0.15) is 0 Å². The molecular formula is C3H2Cl3FN2O5S. The van der Waals surface area contributed by atoms with Crippen molar-refractivity contribution >= 4 is 46.8 Å². The van der Waals surface area contributed by atoms with E-state index in [1.165, 1.54) is 0 Å². The van der Waals surface area contributed by atoms with E-state index in [0.717, 1.165) is 0 Å². The summed E-state index contributed by atoms with van der Waals surface area (Å²) in [6.07, 6.45) is 0. The topological polar surface area (TPSA) is 95.5 Å². The van der Waals surface area contributed by atoms with Gasteiger partial charge in [-0.05, 0) is 0 Å². The molecule has 0 aromatic heterocycles. The Morgan fingerprint density at radius 2 is 1.67 bits per heavy atom. The van der Waals surface area contributed by atoms with Gasteiger partial charge in [-0.15, -0.1) is 0 Å². The predicted molar refractivity (Wildman–Crippen MR) is 51.7 cm³/mol. The SMILES string of the molecule is O=[N+]([O-])C(F)(COSC(Cl)(Cl)Cl)[N+](=O)[O-].